The van der Waals surface area contributed by atoms with Crippen molar-refractivity contribution in [2.24, 2.45) is 0 Å². The lowest BCUT2D eigenvalue weighted by Gasteiger charge is -2.18. The highest BCUT2D eigenvalue weighted by atomic mass is 16.6. The fraction of sp³-hybridized carbons (Fsp3) is 0.662. The second-order valence-electron chi connectivity index (χ2n) is 18.8. The number of hydrogen-bond acceptors (Lipinski definition) is 5. The van der Waals surface area contributed by atoms with Crippen LogP contribution in [0.1, 0.15) is 252 Å². The van der Waals surface area contributed by atoms with Crippen LogP contribution in [0.5, 0.6) is 0 Å². The van der Waals surface area contributed by atoms with Crippen molar-refractivity contribution in [3.8, 4) is 0 Å². The Labute approximate surface area is 433 Å². The zero-order valence-electron chi connectivity index (χ0n) is 45.7. The van der Waals surface area contributed by atoms with Gasteiger partial charge in [0.05, 0.1) is 6.61 Å². The van der Waals surface area contributed by atoms with E-state index >= 15 is 0 Å². The molecular formula is C65H108O5. The van der Waals surface area contributed by atoms with Gasteiger partial charge >= 0.3 is 11.9 Å². The Hall–Kier alpha value is -3.70. The van der Waals surface area contributed by atoms with Crippen LogP contribution in [0.15, 0.2) is 122 Å². The standard InChI is InChI=1S/C65H108O5/c1-4-7-10-13-16-19-22-25-28-30-32-34-36-39-42-45-48-51-54-57-60-68-61-63(70-65(67)59-56-53-50-47-44-41-37-27-24-21-18-15-12-9-6-3)62-69-64(66)58-55-52-49-46-43-40-38-35-33-31-29-26-23-20-17-14-11-8-5-2/h7,9-10,12,16-21,25-29,32,34,37,44,47,63H,4-6,8,11,13-15,22-24,30-31,33,35-36,38-43,45-46,48-62H2,1-3H3/b10-7-,12-9-,19-16-,20-17-,21-18-,28-25-,29-26-,34-32-,37-27-,47-44-. The van der Waals surface area contributed by atoms with Gasteiger partial charge in [-0.25, -0.2) is 0 Å². The molecule has 0 heterocycles. The largest absolute Gasteiger partial charge is 0.462 e. The molecule has 0 aromatic carbocycles. The van der Waals surface area contributed by atoms with Crippen LogP contribution >= 0.6 is 0 Å². The van der Waals surface area contributed by atoms with Crippen molar-refractivity contribution in [3.05, 3.63) is 122 Å². The number of ether oxygens (including phenoxy) is 3. The minimum absolute atomic E-state index is 0.0550. The van der Waals surface area contributed by atoms with Gasteiger partial charge in [0.2, 0.25) is 0 Å². The average molecular weight is 970 g/mol. The van der Waals surface area contributed by atoms with Gasteiger partial charge in [0.15, 0.2) is 6.10 Å². The van der Waals surface area contributed by atoms with Gasteiger partial charge in [-0.1, -0.05) is 232 Å². The fourth-order valence-electron chi connectivity index (χ4n) is 7.70. The van der Waals surface area contributed by atoms with Crippen molar-refractivity contribution in [2.45, 2.75) is 258 Å². The van der Waals surface area contributed by atoms with E-state index < -0.39 is 6.10 Å². The summed E-state index contributed by atoms with van der Waals surface area (Å²) in [6, 6.07) is 0. The molecule has 0 amide bonds. The Morgan fingerprint density at radius 2 is 0.643 bits per heavy atom. The molecule has 398 valence electrons. The summed E-state index contributed by atoms with van der Waals surface area (Å²) in [6.07, 6.45) is 83.7. The summed E-state index contributed by atoms with van der Waals surface area (Å²) < 4.78 is 17.4. The third-order valence-electron chi connectivity index (χ3n) is 12.0. The van der Waals surface area contributed by atoms with Gasteiger partial charge in [-0.3, -0.25) is 9.59 Å². The molecule has 0 saturated carbocycles. The highest BCUT2D eigenvalue weighted by Gasteiger charge is 2.17. The molecule has 0 fully saturated rings. The molecule has 0 aromatic heterocycles. The number of allylic oxidation sites excluding steroid dienone is 20. The lowest BCUT2D eigenvalue weighted by atomic mass is 10.1. The Balaban J connectivity index is 4.36. The monoisotopic (exact) mass is 969 g/mol. The Kier molecular flexibility index (Phi) is 56.5. The summed E-state index contributed by atoms with van der Waals surface area (Å²) in [6.45, 7) is 7.51. The Morgan fingerprint density at radius 1 is 0.329 bits per heavy atom. The van der Waals surface area contributed by atoms with Gasteiger partial charge in [0.1, 0.15) is 6.61 Å². The SMILES string of the molecule is CC/C=C\C/C=C\C/C=C\C/C=C\CCCCCCCCCOCC(COC(=O)CCCCCCCCCCC/C=C\C/C=C\CCCCC)OC(=O)CCCC/C=C\C/C=C\C/C=C\C/C=C\CC. The summed E-state index contributed by atoms with van der Waals surface area (Å²) >= 11 is 0. The first-order chi connectivity index (χ1) is 34.6. The molecule has 0 radical (unpaired) electrons. The smallest absolute Gasteiger partial charge is 0.306 e. The van der Waals surface area contributed by atoms with Gasteiger partial charge in [-0.15, -0.1) is 0 Å². The Morgan fingerprint density at radius 3 is 1.06 bits per heavy atom. The Bertz CT molecular complexity index is 1420. The molecular weight excluding hydrogens is 861 g/mol. The van der Waals surface area contributed by atoms with Crippen molar-refractivity contribution in [2.75, 3.05) is 19.8 Å². The molecule has 5 nitrogen and oxygen atoms in total. The van der Waals surface area contributed by atoms with Crippen LogP contribution in [0, 0.1) is 0 Å². The first-order valence-electron chi connectivity index (χ1n) is 29.1. The molecule has 5 heteroatoms. The molecule has 70 heavy (non-hydrogen) atoms. The molecule has 0 aliphatic heterocycles. The van der Waals surface area contributed by atoms with Crippen molar-refractivity contribution in [1.82, 2.24) is 0 Å². The van der Waals surface area contributed by atoms with Crippen LogP contribution in [0.3, 0.4) is 0 Å². The highest BCUT2D eigenvalue weighted by Crippen LogP contribution is 2.14. The zero-order chi connectivity index (χ0) is 50.6. The van der Waals surface area contributed by atoms with Gasteiger partial charge in [0.25, 0.3) is 0 Å². The van der Waals surface area contributed by atoms with Crippen LogP contribution in [0.25, 0.3) is 0 Å². The van der Waals surface area contributed by atoms with Crippen molar-refractivity contribution in [3.63, 3.8) is 0 Å². The van der Waals surface area contributed by atoms with Crippen molar-refractivity contribution >= 4 is 11.9 Å². The second kappa shape index (κ2) is 59.6. The van der Waals surface area contributed by atoms with E-state index in [4.69, 9.17) is 14.2 Å². The van der Waals surface area contributed by atoms with Gasteiger partial charge in [0, 0.05) is 19.4 Å². The topological polar surface area (TPSA) is 61.8 Å². The summed E-state index contributed by atoms with van der Waals surface area (Å²) in [4.78, 5) is 25.5. The molecule has 0 saturated heterocycles. The number of unbranched alkanes of at least 4 members (excludes halogenated alkanes) is 21. The molecule has 1 unspecified atom stereocenters. The third kappa shape index (κ3) is 56.9. The van der Waals surface area contributed by atoms with E-state index in [1.807, 2.05) is 0 Å². The predicted octanol–water partition coefficient (Wildman–Crippen LogP) is 20.1. The maximum Gasteiger partial charge on any atom is 0.306 e. The van der Waals surface area contributed by atoms with Crippen LogP contribution < -0.4 is 0 Å². The summed E-state index contributed by atoms with van der Waals surface area (Å²) in [5.41, 5.74) is 0. The highest BCUT2D eigenvalue weighted by molar-refractivity contribution is 5.70. The van der Waals surface area contributed by atoms with Crippen LogP contribution in [-0.4, -0.2) is 37.9 Å². The maximum atomic E-state index is 12.8. The van der Waals surface area contributed by atoms with Crippen LogP contribution in [-0.2, 0) is 23.8 Å². The molecule has 0 aromatic rings. The molecule has 0 N–H and O–H groups in total. The van der Waals surface area contributed by atoms with Gasteiger partial charge in [-0.2, -0.15) is 0 Å². The summed E-state index contributed by atoms with van der Waals surface area (Å²) in [5.74, 6) is -0.459. The van der Waals surface area contributed by atoms with E-state index in [0.29, 0.717) is 19.4 Å². The lowest BCUT2D eigenvalue weighted by molar-refractivity contribution is -0.163. The van der Waals surface area contributed by atoms with Gasteiger partial charge in [-0.05, 0) is 128 Å². The lowest BCUT2D eigenvalue weighted by Crippen LogP contribution is -2.30. The normalized spacial score (nSPS) is 13.1. The second-order valence-corrected chi connectivity index (χ2v) is 18.8. The van der Waals surface area contributed by atoms with E-state index in [1.165, 1.54) is 103 Å². The first kappa shape index (κ1) is 66.3. The van der Waals surface area contributed by atoms with Gasteiger partial charge < -0.3 is 14.2 Å². The summed E-state index contributed by atoms with van der Waals surface area (Å²) in [7, 11) is 0. The zero-order valence-corrected chi connectivity index (χ0v) is 45.7. The number of rotatable bonds is 52. The van der Waals surface area contributed by atoms with E-state index in [-0.39, 0.29) is 25.2 Å². The maximum absolute atomic E-state index is 12.8. The molecule has 0 aliphatic rings. The number of hydrogen-bond donors (Lipinski definition) is 0. The summed E-state index contributed by atoms with van der Waals surface area (Å²) in [5, 5.41) is 0. The molecule has 0 aliphatic carbocycles. The van der Waals surface area contributed by atoms with Crippen molar-refractivity contribution in [1.29, 1.82) is 0 Å². The number of carbonyl (C=O) groups is 2. The minimum atomic E-state index is -0.575. The van der Waals surface area contributed by atoms with Crippen LogP contribution in [0.4, 0.5) is 0 Å². The third-order valence-corrected chi connectivity index (χ3v) is 12.0. The van der Waals surface area contributed by atoms with Crippen molar-refractivity contribution < 1.29 is 23.8 Å². The first-order valence-corrected chi connectivity index (χ1v) is 29.1. The number of carbonyl (C=O) groups excluding carboxylic acids is 2. The van der Waals surface area contributed by atoms with E-state index in [1.54, 1.807) is 0 Å². The quantitative estimate of drug-likeness (QED) is 0.0345. The average Bonchev–Trinajstić information content (AvgIpc) is 3.36. The molecule has 0 bridgehead atoms. The van der Waals surface area contributed by atoms with E-state index in [9.17, 15) is 9.59 Å². The van der Waals surface area contributed by atoms with Crippen LogP contribution in [0.2, 0.25) is 0 Å². The minimum Gasteiger partial charge on any atom is -0.462 e. The fourth-order valence-corrected chi connectivity index (χ4v) is 7.70. The predicted molar refractivity (Wildman–Crippen MR) is 306 cm³/mol. The molecule has 1 atom stereocenters. The van der Waals surface area contributed by atoms with E-state index in [2.05, 4.69) is 142 Å². The molecule has 0 spiro atoms. The van der Waals surface area contributed by atoms with E-state index in [0.717, 1.165) is 116 Å². The molecule has 0 rings (SSSR count). The number of esters is 2.